The number of hydrogen-bond donors (Lipinski definition) is 2. The summed E-state index contributed by atoms with van der Waals surface area (Å²) in [6.45, 7) is 3.90. The fourth-order valence-electron chi connectivity index (χ4n) is 3.19. The maximum absolute atomic E-state index is 12.2. The Balaban J connectivity index is 1.93. The number of ether oxygens (including phenoxy) is 1. The van der Waals surface area contributed by atoms with Gasteiger partial charge in [-0.1, -0.05) is 38.8 Å². The predicted octanol–water partition coefficient (Wildman–Crippen LogP) is 2.16. The van der Waals surface area contributed by atoms with Gasteiger partial charge < -0.3 is 10.1 Å². The van der Waals surface area contributed by atoms with Gasteiger partial charge in [-0.05, 0) is 30.4 Å². The van der Waals surface area contributed by atoms with Crippen molar-refractivity contribution in [1.29, 1.82) is 0 Å². The summed E-state index contributed by atoms with van der Waals surface area (Å²) < 4.78 is 30.1. The molecule has 0 aliphatic heterocycles. The van der Waals surface area contributed by atoms with E-state index in [-0.39, 0.29) is 23.2 Å². The SMILES string of the molecule is CC1CCCC(NC(=O)COC(=O)c2ccccc2NS(C)(=O)=O)C1C. The Bertz CT molecular complexity index is 763. The van der Waals surface area contributed by atoms with E-state index in [1.54, 1.807) is 12.1 Å². The average molecular weight is 382 g/mol. The normalized spacial score (nSPS) is 23.1. The van der Waals surface area contributed by atoms with Crippen LogP contribution in [0.2, 0.25) is 0 Å². The van der Waals surface area contributed by atoms with E-state index in [1.165, 1.54) is 12.1 Å². The largest absolute Gasteiger partial charge is 0.452 e. The summed E-state index contributed by atoms with van der Waals surface area (Å²) in [6.07, 6.45) is 4.15. The minimum Gasteiger partial charge on any atom is -0.452 e. The molecule has 2 N–H and O–H groups in total. The lowest BCUT2D eigenvalue weighted by Gasteiger charge is -2.34. The van der Waals surface area contributed by atoms with E-state index in [4.69, 9.17) is 4.74 Å². The van der Waals surface area contributed by atoms with E-state index < -0.39 is 22.6 Å². The first kappa shape index (κ1) is 20.2. The predicted molar refractivity (Wildman–Crippen MR) is 99.3 cm³/mol. The van der Waals surface area contributed by atoms with E-state index in [9.17, 15) is 18.0 Å². The Morgan fingerprint density at radius 2 is 1.88 bits per heavy atom. The zero-order valence-electron chi connectivity index (χ0n) is 15.3. The van der Waals surface area contributed by atoms with Gasteiger partial charge in [0.1, 0.15) is 0 Å². The van der Waals surface area contributed by atoms with Crippen molar-refractivity contribution in [3.05, 3.63) is 29.8 Å². The van der Waals surface area contributed by atoms with Crippen LogP contribution in [0, 0.1) is 11.8 Å². The molecule has 0 saturated heterocycles. The molecule has 0 spiro atoms. The molecule has 0 radical (unpaired) electrons. The smallest absolute Gasteiger partial charge is 0.340 e. The minimum atomic E-state index is -3.53. The molecule has 0 heterocycles. The van der Waals surface area contributed by atoms with Gasteiger partial charge in [0, 0.05) is 6.04 Å². The molecule has 1 aliphatic carbocycles. The molecule has 26 heavy (non-hydrogen) atoms. The molecule has 3 unspecified atom stereocenters. The van der Waals surface area contributed by atoms with Crippen LogP contribution in [0.3, 0.4) is 0 Å². The van der Waals surface area contributed by atoms with Crippen LogP contribution in [0.1, 0.15) is 43.5 Å². The maximum Gasteiger partial charge on any atom is 0.340 e. The first-order chi connectivity index (χ1) is 12.2. The average Bonchev–Trinajstić information content (AvgIpc) is 2.56. The van der Waals surface area contributed by atoms with Crippen LogP contribution < -0.4 is 10.0 Å². The molecule has 1 amide bonds. The van der Waals surface area contributed by atoms with E-state index in [2.05, 4.69) is 23.9 Å². The summed E-state index contributed by atoms with van der Waals surface area (Å²) in [5.74, 6) is -0.177. The van der Waals surface area contributed by atoms with Crippen molar-refractivity contribution in [2.24, 2.45) is 11.8 Å². The quantitative estimate of drug-likeness (QED) is 0.734. The fourth-order valence-corrected chi connectivity index (χ4v) is 3.77. The highest BCUT2D eigenvalue weighted by atomic mass is 32.2. The van der Waals surface area contributed by atoms with Gasteiger partial charge in [-0.2, -0.15) is 0 Å². The number of sulfonamides is 1. The second-order valence-corrected chi connectivity index (χ2v) is 8.69. The van der Waals surface area contributed by atoms with E-state index in [1.807, 2.05) is 0 Å². The highest BCUT2D eigenvalue weighted by molar-refractivity contribution is 7.92. The summed E-state index contributed by atoms with van der Waals surface area (Å²) in [5, 5.41) is 2.93. The molecule has 8 heteroatoms. The third-order valence-electron chi connectivity index (χ3n) is 4.83. The number of hydrogen-bond acceptors (Lipinski definition) is 5. The van der Waals surface area contributed by atoms with Crippen LogP contribution in [0.25, 0.3) is 0 Å². The highest BCUT2D eigenvalue weighted by Gasteiger charge is 2.28. The van der Waals surface area contributed by atoms with Crippen molar-refractivity contribution in [2.45, 2.75) is 39.2 Å². The molecule has 1 aromatic rings. The molecule has 0 aromatic heterocycles. The standard InChI is InChI=1S/C18H26N2O5S/c1-12-7-6-10-15(13(12)2)19-17(21)11-25-18(22)14-8-4-5-9-16(14)20-26(3,23)24/h4-5,8-9,12-13,15,20H,6-7,10-11H2,1-3H3,(H,19,21). The van der Waals surface area contributed by atoms with Gasteiger partial charge in [0.25, 0.3) is 5.91 Å². The second-order valence-electron chi connectivity index (χ2n) is 6.94. The second kappa shape index (κ2) is 8.53. The fraction of sp³-hybridized carbons (Fsp3) is 0.556. The molecule has 1 fully saturated rings. The summed E-state index contributed by atoms with van der Waals surface area (Å²) in [4.78, 5) is 24.3. The van der Waals surface area contributed by atoms with Crippen molar-refractivity contribution < 1.29 is 22.7 Å². The van der Waals surface area contributed by atoms with Gasteiger partial charge >= 0.3 is 5.97 Å². The van der Waals surface area contributed by atoms with Gasteiger partial charge in [0.15, 0.2) is 6.61 Å². The lowest BCUT2D eigenvalue weighted by molar-refractivity contribution is -0.125. The number of rotatable bonds is 6. The molecule has 1 aromatic carbocycles. The lowest BCUT2D eigenvalue weighted by atomic mass is 9.78. The molecule has 144 valence electrons. The highest BCUT2D eigenvalue weighted by Crippen LogP contribution is 2.29. The number of carbonyl (C=O) groups is 2. The molecule has 3 atom stereocenters. The molecule has 7 nitrogen and oxygen atoms in total. The minimum absolute atomic E-state index is 0.0605. The van der Waals surface area contributed by atoms with Gasteiger partial charge in [-0.3, -0.25) is 9.52 Å². The van der Waals surface area contributed by atoms with Crippen LogP contribution in [0.15, 0.2) is 24.3 Å². The van der Waals surface area contributed by atoms with Gasteiger partial charge in [-0.25, -0.2) is 13.2 Å². The third kappa shape index (κ3) is 5.72. The maximum atomic E-state index is 12.2. The topological polar surface area (TPSA) is 102 Å². The van der Waals surface area contributed by atoms with Crippen molar-refractivity contribution in [2.75, 3.05) is 17.6 Å². The van der Waals surface area contributed by atoms with E-state index in [0.29, 0.717) is 11.8 Å². The van der Waals surface area contributed by atoms with Gasteiger partial charge in [0.05, 0.1) is 17.5 Å². The van der Waals surface area contributed by atoms with Crippen molar-refractivity contribution >= 4 is 27.6 Å². The zero-order valence-corrected chi connectivity index (χ0v) is 16.1. The molecule has 1 saturated carbocycles. The van der Waals surface area contributed by atoms with Crippen molar-refractivity contribution in [3.8, 4) is 0 Å². The molecular weight excluding hydrogens is 356 g/mol. The van der Waals surface area contributed by atoms with E-state index >= 15 is 0 Å². The van der Waals surface area contributed by atoms with Crippen molar-refractivity contribution in [3.63, 3.8) is 0 Å². The number of esters is 1. The van der Waals surface area contributed by atoms with Crippen LogP contribution in [-0.2, 0) is 19.6 Å². The van der Waals surface area contributed by atoms with Gasteiger partial charge in [-0.15, -0.1) is 0 Å². The number of anilines is 1. The Hall–Kier alpha value is -2.09. The first-order valence-corrected chi connectivity index (χ1v) is 10.6. The first-order valence-electron chi connectivity index (χ1n) is 8.70. The molecule has 2 rings (SSSR count). The summed E-state index contributed by atoms with van der Waals surface area (Å²) in [5.41, 5.74) is 0.181. The zero-order chi connectivity index (χ0) is 19.3. The number of benzene rings is 1. The lowest BCUT2D eigenvalue weighted by Crippen LogP contribution is -2.45. The molecule has 1 aliphatic rings. The monoisotopic (exact) mass is 382 g/mol. The molecular formula is C18H26N2O5S. The Kier molecular flexibility index (Phi) is 6.63. The van der Waals surface area contributed by atoms with Crippen LogP contribution in [0.4, 0.5) is 5.69 Å². The third-order valence-corrected chi connectivity index (χ3v) is 5.42. The number of para-hydroxylation sites is 1. The van der Waals surface area contributed by atoms with E-state index in [0.717, 1.165) is 25.5 Å². The van der Waals surface area contributed by atoms with Crippen molar-refractivity contribution in [1.82, 2.24) is 5.32 Å². The van der Waals surface area contributed by atoms with Crippen LogP contribution in [-0.4, -0.2) is 39.2 Å². The number of amides is 1. The van der Waals surface area contributed by atoms with Gasteiger partial charge in [0.2, 0.25) is 10.0 Å². The Labute approximate surface area is 154 Å². The van der Waals surface area contributed by atoms with Crippen LogP contribution >= 0.6 is 0 Å². The summed E-state index contributed by atoms with van der Waals surface area (Å²) >= 11 is 0. The Morgan fingerprint density at radius 3 is 2.58 bits per heavy atom. The Morgan fingerprint density at radius 1 is 1.19 bits per heavy atom. The van der Waals surface area contributed by atoms with Crippen LogP contribution in [0.5, 0.6) is 0 Å². The summed E-state index contributed by atoms with van der Waals surface area (Å²) in [7, 11) is -3.53. The number of carbonyl (C=O) groups excluding carboxylic acids is 2. The molecule has 0 bridgehead atoms. The number of nitrogens with one attached hydrogen (secondary N) is 2. The summed E-state index contributed by atoms with van der Waals surface area (Å²) in [6, 6.07) is 6.18.